The predicted octanol–water partition coefficient (Wildman–Crippen LogP) is 7.28. The Bertz CT molecular complexity index is 1580. The van der Waals surface area contributed by atoms with Gasteiger partial charge in [0.25, 0.3) is 0 Å². The molecule has 3 aromatic rings. The lowest BCUT2D eigenvalue weighted by atomic mass is 10.0. The molecule has 0 radical (unpaired) electrons. The summed E-state index contributed by atoms with van der Waals surface area (Å²) in [5.74, 6) is 2.23. The molecule has 1 aliphatic carbocycles. The summed E-state index contributed by atoms with van der Waals surface area (Å²) < 4.78 is 8.17. The van der Waals surface area contributed by atoms with Crippen molar-refractivity contribution in [3.63, 3.8) is 0 Å². The van der Waals surface area contributed by atoms with Gasteiger partial charge in [-0.25, -0.2) is 0 Å². The highest BCUT2D eigenvalue weighted by atomic mass is 16.5. The Morgan fingerprint density at radius 1 is 1.00 bits per heavy atom. The number of piperazine rings is 1. The molecule has 2 heterocycles. The molecule has 0 amide bonds. The number of benzene rings is 2. The number of hydrogen-bond donors (Lipinski definition) is 0. The second kappa shape index (κ2) is 15.2. The summed E-state index contributed by atoms with van der Waals surface area (Å²) in [5, 5.41) is 13.3. The van der Waals surface area contributed by atoms with E-state index in [9.17, 15) is 0 Å². The van der Waals surface area contributed by atoms with Gasteiger partial charge in [-0.3, -0.25) is 9.80 Å². The molecule has 0 spiro atoms. The monoisotopic (exact) mass is 586 g/mol. The number of nitrogens with zero attached hydrogens (tertiary/aromatic N) is 6. The van der Waals surface area contributed by atoms with Gasteiger partial charge in [0.2, 0.25) is 0 Å². The summed E-state index contributed by atoms with van der Waals surface area (Å²) in [4.78, 5) is 4.92. The molecule has 1 aromatic heterocycles. The highest BCUT2D eigenvalue weighted by molar-refractivity contribution is 5.69. The van der Waals surface area contributed by atoms with Gasteiger partial charge in [-0.1, -0.05) is 91.6 Å². The van der Waals surface area contributed by atoms with Crippen LogP contribution in [-0.2, 0) is 0 Å². The van der Waals surface area contributed by atoms with Gasteiger partial charge < -0.3 is 4.74 Å². The fourth-order valence-corrected chi connectivity index (χ4v) is 5.67. The van der Waals surface area contributed by atoms with Crippen molar-refractivity contribution < 1.29 is 4.74 Å². The number of aromatic nitrogens is 4. The maximum Gasteiger partial charge on any atom is 0.178 e. The van der Waals surface area contributed by atoms with Crippen molar-refractivity contribution in [3.8, 4) is 5.75 Å². The topological polar surface area (TPSA) is 59.3 Å². The molecular formula is C37H42N6O. The molecule has 0 bridgehead atoms. The van der Waals surface area contributed by atoms with Crippen molar-refractivity contribution in [3.05, 3.63) is 144 Å². The van der Waals surface area contributed by atoms with Crippen LogP contribution < -0.4 is 4.74 Å². The molecule has 0 saturated carbocycles. The highest BCUT2D eigenvalue weighted by Crippen LogP contribution is 2.33. The van der Waals surface area contributed by atoms with Crippen molar-refractivity contribution in [2.24, 2.45) is 0 Å². The lowest BCUT2D eigenvalue weighted by Gasteiger charge is -2.39. The molecule has 0 unspecified atom stereocenters. The van der Waals surface area contributed by atoms with E-state index in [2.05, 4.69) is 100 Å². The highest BCUT2D eigenvalue weighted by Gasteiger charge is 2.32. The van der Waals surface area contributed by atoms with Gasteiger partial charge >= 0.3 is 0 Å². The first kappa shape index (κ1) is 30.9. The number of tetrazole rings is 1. The lowest BCUT2D eigenvalue weighted by Crippen LogP contribution is -2.48. The fraction of sp³-hybridized carbons (Fsp3) is 0.270. The van der Waals surface area contributed by atoms with Gasteiger partial charge in [-0.15, -0.1) is 5.10 Å². The molecule has 226 valence electrons. The molecule has 0 N–H and O–H groups in total. The largest absolute Gasteiger partial charge is 0.457 e. The lowest BCUT2D eigenvalue weighted by molar-refractivity contribution is 0.113. The predicted molar refractivity (Wildman–Crippen MR) is 180 cm³/mol. The van der Waals surface area contributed by atoms with Crippen LogP contribution in [0.2, 0.25) is 0 Å². The minimum Gasteiger partial charge on any atom is -0.457 e. The molecule has 2 aromatic carbocycles. The van der Waals surface area contributed by atoms with Crippen molar-refractivity contribution in [2.45, 2.75) is 33.2 Å². The van der Waals surface area contributed by atoms with E-state index in [1.54, 1.807) is 0 Å². The molecule has 1 aliphatic heterocycles. The Labute approximate surface area is 261 Å². The van der Waals surface area contributed by atoms with Crippen LogP contribution in [0.3, 0.4) is 0 Å². The number of allylic oxidation sites excluding steroid dienone is 8. The van der Waals surface area contributed by atoms with E-state index in [0.29, 0.717) is 5.76 Å². The molecule has 1 fully saturated rings. The number of rotatable bonds is 11. The molecule has 7 nitrogen and oxygen atoms in total. The molecular weight excluding hydrogens is 544 g/mol. The molecule has 7 heteroatoms. The summed E-state index contributed by atoms with van der Waals surface area (Å²) in [5.41, 5.74) is 5.38. The Morgan fingerprint density at radius 3 is 2.45 bits per heavy atom. The van der Waals surface area contributed by atoms with E-state index in [1.165, 1.54) is 5.56 Å². The molecule has 44 heavy (non-hydrogen) atoms. The van der Waals surface area contributed by atoms with E-state index in [0.717, 1.165) is 73.1 Å². The summed E-state index contributed by atoms with van der Waals surface area (Å²) in [6, 6.07) is 20.0. The number of para-hydroxylation sites is 1. The average molecular weight is 587 g/mol. The van der Waals surface area contributed by atoms with Gasteiger partial charge in [0, 0.05) is 32.7 Å². The first-order chi connectivity index (χ1) is 21.5. The second-order valence-electron chi connectivity index (χ2n) is 11.1. The Balaban J connectivity index is 1.43. The third kappa shape index (κ3) is 7.86. The van der Waals surface area contributed by atoms with Crippen LogP contribution in [0.1, 0.15) is 44.6 Å². The standard InChI is InChI=1S/C37H42N6O/c1-5-15-34(44-33-21-10-7-11-22-33)28-31(4)36(37-38-39-40-43(37)35-29(2)16-12-13-17-30(35)3)42-26-24-41(25-27-42)23-14-20-32-18-8-6-9-19-32/h5-12,14-22,28,36H,4,13,23-27H2,1-3H3/b15-5-,20-14+,34-28+/t36-/m1/s1. The normalized spacial score (nSPS) is 17.7. The van der Waals surface area contributed by atoms with Crippen molar-refractivity contribution in [1.29, 1.82) is 0 Å². The minimum absolute atomic E-state index is 0.244. The Kier molecular flexibility index (Phi) is 10.7. The Morgan fingerprint density at radius 2 is 1.73 bits per heavy atom. The molecule has 2 aliphatic rings. The van der Waals surface area contributed by atoms with E-state index in [1.807, 2.05) is 66.2 Å². The van der Waals surface area contributed by atoms with Crippen molar-refractivity contribution in [2.75, 3.05) is 32.7 Å². The summed E-state index contributed by atoms with van der Waals surface area (Å²) >= 11 is 0. The van der Waals surface area contributed by atoms with E-state index < -0.39 is 0 Å². The number of ether oxygens (including phenoxy) is 1. The quantitative estimate of drug-likeness (QED) is 0.174. The van der Waals surface area contributed by atoms with Crippen molar-refractivity contribution in [1.82, 2.24) is 30.0 Å². The van der Waals surface area contributed by atoms with E-state index in [-0.39, 0.29) is 6.04 Å². The van der Waals surface area contributed by atoms with Crippen LogP contribution >= 0.6 is 0 Å². The van der Waals surface area contributed by atoms with Crippen LogP contribution in [0, 0.1) is 0 Å². The van der Waals surface area contributed by atoms with E-state index >= 15 is 0 Å². The zero-order chi connectivity index (χ0) is 30.7. The average Bonchev–Trinajstić information content (AvgIpc) is 3.43. The third-order valence-corrected chi connectivity index (χ3v) is 7.86. The maximum absolute atomic E-state index is 6.27. The van der Waals surface area contributed by atoms with E-state index in [4.69, 9.17) is 4.74 Å². The summed E-state index contributed by atoms with van der Waals surface area (Å²) in [6.07, 6.45) is 17.8. The zero-order valence-electron chi connectivity index (χ0n) is 26.0. The zero-order valence-corrected chi connectivity index (χ0v) is 26.0. The van der Waals surface area contributed by atoms with Gasteiger partial charge in [-0.2, -0.15) is 4.68 Å². The van der Waals surface area contributed by atoms with Gasteiger partial charge in [0.1, 0.15) is 11.5 Å². The maximum atomic E-state index is 6.27. The van der Waals surface area contributed by atoms with Crippen molar-refractivity contribution >= 4 is 11.8 Å². The van der Waals surface area contributed by atoms with Crippen LogP contribution in [-0.4, -0.2) is 62.7 Å². The summed E-state index contributed by atoms with van der Waals surface area (Å²) in [6.45, 7) is 15.3. The van der Waals surface area contributed by atoms with Crippen LogP contribution in [0.5, 0.6) is 5.75 Å². The molecule has 1 saturated heterocycles. The summed E-state index contributed by atoms with van der Waals surface area (Å²) in [7, 11) is 0. The van der Waals surface area contributed by atoms with Crippen LogP contribution in [0.15, 0.2) is 132 Å². The van der Waals surface area contributed by atoms with Crippen LogP contribution in [0.4, 0.5) is 0 Å². The smallest absolute Gasteiger partial charge is 0.178 e. The SMILES string of the molecule is C=C(/C=C(\C=C/C)Oc1ccccc1)[C@H](c1nnnn1C1=C(C)C=CCC=C1C)N1CCN(C/C=C/c2ccccc2)CC1. The number of hydrogen-bond acceptors (Lipinski definition) is 6. The first-order valence-electron chi connectivity index (χ1n) is 15.3. The first-order valence-corrected chi connectivity index (χ1v) is 15.3. The fourth-order valence-electron chi connectivity index (χ4n) is 5.67. The molecule has 1 atom stereocenters. The minimum atomic E-state index is -0.244. The Hall–Kier alpha value is -4.59. The van der Waals surface area contributed by atoms with Gasteiger partial charge in [0.05, 0.1) is 11.7 Å². The van der Waals surface area contributed by atoms with Gasteiger partial charge in [-0.05, 0) is 84.2 Å². The van der Waals surface area contributed by atoms with Crippen LogP contribution in [0.25, 0.3) is 11.8 Å². The second-order valence-corrected chi connectivity index (χ2v) is 11.1. The van der Waals surface area contributed by atoms with Gasteiger partial charge in [0.15, 0.2) is 5.82 Å². The third-order valence-electron chi connectivity index (χ3n) is 7.86. The molecule has 5 rings (SSSR count).